The fourth-order valence-electron chi connectivity index (χ4n) is 4.50. The highest BCUT2D eigenvalue weighted by molar-refractivity contribution is 7.89. The lowest BCUT2D eigenvalue weighted by Crippen LogP contribution is -2.40. The van der Waals surface area contributed by atoms with Crippen molar-refractivity contribution in [2.75, 3.05) is 31.7 Å². The number of hydrazone groups is 1. The van der Waals surface area contributed by atoms with E-state index in [1.807, 2.05) is 19.1 Å². The van der Waals surface area contributed by atoms with E-state index in [1.54, 1.807) is 0 Å². The zero-order valence-electron chi connectivity index (χ0n) is 19.3. The Morgan fingerprint density at radius 1 is 1.09 bits per heavy atom. The lowest BCUT2D eigenvalue weighted by molar-refractivity contribution is -0.385. The van der Waals surface area contributed by atoms with Crippen LogP contribution in [0.4, 0.5) is 11.4 Å². The lowest BCUT2D eigenvalue weighted by Gasteiger charge is -2.26. The molecular weight excluding hydrogens is 456 g/mol. The van der Waals surface area contributed by atoms with Gasteiger partial charge in [0.1, 0.15) is 4.90 Å². The van der Waals surface area contributed by atoms with Crippen LogP contribution in [0.3, 0.4) is 0 Å². The van der Waals surface area contributed by atoms with Gasteiger partial charge in [0, 0.05) is 25.2 Å². The van der Waals surface area contributed by atoms with E-state index in [1.165, 1.54) is 54.1 Å². The Labute approximate surface area is 200 Å². The van der Waals surface area contributed by atoms with Crippen molar-refractivity contribution in [3.63, 3.8) is 0 Å². The number of nitrogens with zero attached hydrogens (tertiary/aromatic N) is 3. The van der Waals surface area contributed by atoms with Crippen LogP contribution in [-0.2, 0) is 14.8 Å². The summed E-state index contributed by atoms with van der Waals surface area (Å²) in [5, 5.41) is 15.7. The number of nitrogens with one attached hydrogen (secondary N) is 1. The van der Waals surface area contributed by atoms with Gasteiger partial charge in [0.05, 0.1) is 29.5 Å². The molecule has 0 atom stereocenters. The minimum absolute atomic E-state index is 0.173. The van der Waals surface area contributed by atoms with Crippen molar-refractivity contribution >= 4 is 27.1 Å². The van der Waals surface area contributed by atoms with Crippen LogP contribution in [0, 0.1) is 10.1 Å². The van der Waals surface area contributed by atoms with Gasteiger partial charge in [-0.05, 0) is 42.9 Å². The van der Waals surface area contributed by atoms with E-state index in [0.29, 0.717) is 11.6 Å². The average Bonchev–Trinajstić information content (AvgIpc) is 2.88. The van der Waals surface area contributed by atoms with Crippen LogP contribution in [-0.4, -0.2) is 49.7 Å². The maximum atomic E-state index is 13.2. The van der Waals surface area contributed by atoms with E-state index in [0.717, 1.165) is 11.6 Å². The Balaban J connectivity index is 1.57. The van der Waals surface area contributed by atoms with Gasteiger partial charge in [-0.2, -0.15) is 9.41 Å². The number of nitro benzene ring substituents is 1. The quantitative estimate of drug-likeness (QED) is 0.350. The van der Waals surface area contributed by atoms with Crippen molar-refractivity contribution in [2.24, 2.45) is 5.10 Å². The number of anilines is 1. The smallest absolute Gasteiger partial charge is 0.270 e. The van der Waals surface area contributed by atoms with Gasteiger partial charge in [-0.3, -0.25) is 15.5 Å². The molecule has 0 radical (unpaired) electrons. The highest BCUT2D eigenvalue weighted by atomic mass is 32.2. The third kappa shape index (κ3) is 5.45. The Morgan fingerprint density at radius 2 is 1.76 bits per heavy atom. The second-order valence-corrected chi connectivity index (χ2v) is 10.6. The molecule has 182 valence electrons. The molecule has 0 bridgehead atoms. The fraction of sp³-hybridized carbons (Fsp3) is 0.458. The highest BCUT2D eigenvalue weighted by Gasteiger charge is 2.30. The van der Waals surface area contributed by atoms with Gasteiger partial charge in [-0.1, -0.05) is 43.5 Å². The molecule has 4 rings (SSSR count). The topological polar surface area (TPSA) is 114 Å². The zero-order valence-corrected chi connectivity index (χ0v) is 20.1. The summed E-state index contributed by atoms with van der Waals surface area (Å²) in [6.07, 6.45) is 6.34. The second-order valence-electron chi connectivity index (χ2n) is 8.72. The van der Waals surface area contributed by atoms with Crippen molar-refractivity contribution in [1.82, 2.24) is 4.31 Å². The Bertz CT molecular complexity index is 1150. The zero-order chi connectivity index (χ0) is 24.1. The van der Waals surface area contributed by atoms with E-state index in [2.05, 4.69) is 22.7 Å². The van der Waals surface area contributed by atoms with Crippen molar-refractivity contribution in [2.45, 2.75) is 49.8 Å². The first kappa shape index (κ1) is 24.3. The molecule has 0 aromatic heterocycles. The van der Waals surface area contributed by atoms with Crippen LogP contribution in [0.1, 0.15) is 56.1 Å². The largest absolute Gasteiger partial charge is 0.379 e. The number of hydrogen-bond donors (Lipinski definition) is 1. The number of nitro groups is 1. The normalized spacial score (nSPS) is 18.6. The van der Waals surface area contributed by atoms with Gasteiger partial charge < -0.3 is 4.74 Å². The predicted octanol–water partition coefficient (Wildman–Crippen LogP) is 4.50. The standard InChI is InChI=1S/C24H30N4O5S/c1-18(19-7-9-21(10-8-19)20-5-3-2-4-6-20)25-26-23-12-11-22(28(29)30)17-24(23)34(31,32)27-13-15-33-16-14-27/h7-12,17,20,26H,2-6,13-16H2,1H3/b25-18+. The Hall–Kier alpha value is -2.82. The van der Waals surface area contributed by atoms with Crippen LogP contribution in [0.15, 0.2) is 52.5 Å². The van der Waals surface area contributed by atoms with Gasteiger partial charge in [0.2, 0.25) is 10.0 Å². The first-order chi connectivity index (χ1) is 16.4. The summed E-state index contributed by atoms with van der Waals surface area (Å²) in [6, 6.07) is 12.1. The summed E-state index contributed by atoms with van der Waals surface area (Å²) < 4.78 is 33.0. The maximum Gasteiger partial charge on any atom is 0.270 e. The van der Waals surface area contributed by atoms with E-state index in [-0.39, 0.29) is 42.6 Å². The van der Waals surface area contributed by atoms with Crippen molar-refractivity contribution < 1.29 is 18.1 Å². The molecule has 9 nitrogen and oxygen atoms in total. The molecule has 34 heavy (non-hydrogen) atoms. The van der Waals surface area contributed by atoms with Crippen LogP contribution in [0.5, 0.6) is 0 Å². The summed E-state index contributed by atoms with van der Waals surface area (Å²) in [6.45, 7) is 2.79. The van der Waals surface area contributed by atoms with E-state index >= 15 is 0 Å². The van der Waals surface area contributed by atoms with Gasteiger partial charge >= 0.3 is 0 Å². The molecule has 1 aliphatic carbocycles. The minimum Gasteiger partial charge on any atom is -0.379 e. The first-order valence-electron chi connectivity index (χ1n) is 11.6. The second kappa shape index (κ2) is 10.6. The third-order valence-corrected chi connectivity index (χ3v) is 8.45. The first-order valence-corrected chi connectivity index (χ1v) is 13.1. The summed E-state index contributed by atoms with van der Waals surface area (Å²) >= 11 is 0. The molecule has 0 unspecified atom stereocenters. The van der Waals surface area contributed by atoms with Crippen LogP contribution in [0.2, 0.25) is 0 Å². The molecule has 1 saturated heterocycles. The molecule has 2 aromatic rings. The van der Waals surface area contributed by atoms with Crippen molar-refractivity contribution in [1.29, 1.82) is 0 Å². The molecule has 1 heterocycles. The highest BCUT2D eigenvalue weighted by Crippen LogP contribution is 2.33. The molecule has 2 aromatic carbocycles. The van der Waals surface area contributed by atoms with Gasteiger partial charge in [0.25, 0.3) is 5.69 Å². The van der Waals surface area contributed by atoms with E-state index < -0.39 is 14.9 Å². The van der Waals surface area contributed by atoms with Crippen LogP contribution in [0.25, 0.3) is 0 Å². The number of non-ortho nitro benzene ring substituents is 1. The average molecular weight is 487 g/mol. The summed E-state index contributed by atoms with van der Waals surface area (Å²) in [5.74, 6) is 0.617. The van der Waals surface area contributed by atoms with E-state index in [9.17, 15) is 18.5 Å². The number of rotatable bonds is 7. The predicted molar refractivity (Wildman–Crippen MR) is 131 cm³/mol. The molecular formula is C24H30N4O5S. The summed E-state index contributed by atoms with van der Waals surface area (Å²) in [4.78, 5) is 10.5. The van der Waals surface area contributed by atoms with Crippen molar-refractivity contribution in [3.8, 4) is 0 Å². The Kier molecular flexibility index (Phi) is 7.60. The number of ether oxygens (including phenoxy) is 1. The molecule has 10 heteroatoms. The third-order valence-electron chi connectivity index (χ3n) is 6.51. The molecule has 0 amide bonds. The Morgan fingerprint density at radius 3 is 2.41 bits per heavy atom. The minimum atomic E-state index is -3.96. The number of benzene rings is 2. The van der Waals surface area contributed by atoms with Gasteiger partial charge in [-0.15, -0.1) is 0 Å². The van der Waals surface area contributed by atoms with Crippen LogP contribution >= 0.6 is 0 Å². The molecule has 1 aliphatic heterocycles. The molecule has 0 spiro atoms. The monoisotopic (exact) mass is 486 g/mol. The summed E-state index contributed by atoms with van der Waals surface area (Å²) in [5.41, 5.74) is 5.68. The maximum absolute atomic E-state index is 13.2. The van der Waals surface area contributed by atoms with Crippen molar-refractivity contribution in [3.05, 3.63) is 63.7 Å². The number of sulfonamides is 1. The molecule has 1 N–H and O–H groups in total. The van der Waals surface area contributed by atoms with E-state index in [4.69, 9.17) is 4.74 Å². The lowest BCUT2D eigenvalue weighted by atomic mass is 9.84. The number of hydrogen-bond acceptors (Lipinski definition) is 7. The SMILES string of the molecule is C/C(=N\Nc1ccc([N+](=O)[O-])cc1S(=O)(=O)N1CCOCC1)c1ccc(C2CCCCC2)cc1. The number of morpholine rings is 1. The van der Waals surface area contributed by atoms with Gasteiger partial charge in [-0.25, -0.2) is 8.42 Å². The molecule has 2 fully saturated rings. The fourth-order valence-corrected chi connectivity index (χ4v) is 6.07. The van der Waals surface area contributed by atoms with Crippen LogP contribution < -0.4 is 5.43 Å². The van der Waals surface area contributed by atoms with Gasteiger partial charge in [0.15, 0.2) is 0 Å². The summed E-state index contributed by atoms with van der Waals surface area (Å²) in [7, 11) is -3.96. The molecule has 2 aliphatic rings. The molecule has 1 saturated carbocycles.